The molecule has 8 heteroatoms. The van der Waals surface area contributed by atoms with Crippen LogP contribution in [0.1, 0.15) is 57.8 Å². The van der Waals surface area contributed by atoms with Gasteiger partial charge in [0, 0.05) is 30.1 Å². The summed E-state index contributed by atoms with van der Waals surface area (Å²) in [6.45, 7) is 7.96. The number of benzene rings is 1. The molecule has 1 amide bonds. The monoisotopic (exact) mass is 432 g/mol. The van der Waals surface area contributed by atoms with Gasteiger partial charge in [-0.15, -0.1) is 0 Å². The van der Waals surface area contributed by atoms with Gasteiger partial charge in [-0.1, -0.05) is 0 Å². The molecule has 3 N–H and O–H groups in total. The number of furan rings is 1. The molecule has 170 valence electrons. The third kappa shape index (κ3) is 6.35. The molecule has 2 aromatic rings. The van der Waals surface area contributed by atoms with Crippen molar-refractivity contribution < 1.29 is 18.3 Å². The van der Waals surface area contributed by atoms with Crippen LogP contribution in [0.15, 0.2) is 27.6 Å². The summed E-state index contributed by atoms with van der Waals surface area (Å²) in [5, 5.41) is 10.5. The van der Waals surface area contributed by atoms with E-state index in [1.807, 2.05) is 27.7 Å². The molecule has 1 aliphatic carbocycles. The lowest BCUT2D eigenvalue weighted by Crippen LogP contribution is -2.47. The lowest BCUT2D eigenvalue weighted by atomic mass is 9.91. The Bertz CT molecular complexity index is 940. The van der Waals surface area contributed by atoms with E-state index in [0.717, 1.165) is 42.4 Å². The number of halogens is 1. The summed E-state index contributed by atoms with van der Waals surface area (Å²) in [5.74, 6) is 1.17. The van der Waals surface area contributed by atoms with Crippen molar-refractivity contribution in [1.29, 1.82) is 0 Å². The number of nitrogens with one attached hydrogen (secondary N) is 3. The number of hydrogen-bond acceptors (Lipinski definition) is 4. The fourth-order valence-corrected chi connectivity index (χ4v) is 3.82. The van der Waals surface area contributed by atoms with E-state index < -0.39 is 5.60 Å². The summed E-state index contributed by atoms with van der Waals surface area (Å²) >= 11 is 0. The van der Waals surface area contributed by atoms with Gasteiger partial charge >= 0.3 is 6.09 Å². The van der Waals surface area contributed by atoms with Crippen LogP contribution < -0.4 is 16.0 Å². The van der Waals surface area contributed by atoms with Crippen LogP contribution in [-0.2, 0) is 11.3 Å². The van der Waals surface area contributed by atoms with Crippen LogP contribution in [0.5, 0.6) is 0 Å². The van der Waals surface area contributed by atoms with Gasteiger partial charge in [0.05, 0.1) is 6.54 Å². The maximum Gasteiger partial charge on any atom is 0.407 e. The molecule has 7 nitrogen and oxygen atoms in total. The fraction of sp³-hybridized carbons (Fsp3) is 0.565. The average Bonchev–Trinajstić information content (AvgIpc) is 3.00. The first-order chi connectivity index (χ1) is 14.6. The first-order valence-corrected chi connectivity index (χ1v) is 10.8. The molecule has 0 spiro atoms. The topological polar surface area (TPSA) is 87.9 Å². The summed E-state index contributed by atoms with van der Waals surface area (Å²) in [7, 11) is 1.73. The SMILES string of the molecule is CN=C(NCc1oc2ccc(F)cc2c1C)NC1CCC(NC(=O)OC(C)(C)C)CC1. The predicted octanol–water partition coefficient (Wildman–Crippen LogP) is 4.38. The lowest BCUT2D eigenvalue weighted by Gasteiger charge is -2.31. The quantitative estimate of drug-likeness (QED) is 0.493. The van der Waals surface area contributed by atoms with Gasteiger partial charge in [0.2, 0.25) is 0 Å². The summed E-state index contributed by atoms with van der Waals surface area (Å²) in [5.41, 5.74) is 1.11. The van der Waals surface area contributed by atoms with Crippen molar-refractivity contribution in [2.75, 3.05) is 7.05 Å². The zero-order valence-corrected chi connectivity index (χ0v) is 19.0. The Balaban J connectivity index is 1.47. The van der Waals surface area contributed by atoms with Gasteiger partial charge in [-0.25, -0.2) is 9.18 Å². The molecule has 1 saturated carbocycles. The van der Waals surface area contributed by atoms with E-state index in [2.05, 4.69) is 20.9 Å². The molecule has 0 aliphatic heterocycles. The number of fused-ring (bicyclic) bond motifs is 1. The smallest absolute Gasteiger partial charge is 0.407 e. The second kappa shape index (κ2) is 9.58. The fourth-order valence-electron chi connectivity index (χ4n) is 3.82. The number of alkyl carbamates (subject to hydrolysis) is 1. The molecule has 3 rings (SSSR count). The Labute approximate surface area is 182 Å². The second-order valence-electron chi connectivity index (χ2n) is 9.06. The van der Waals surface area contributed by atoms with Crippen molar-refractivity contribution in [2.45, 2.75) is 77.6 Å². The minimum atomic E-state index is -0.493. The van der Waals surface area contributed by atoms with Crippen LogP contribution in [0.25, 0.3) is 11.0 Å². The van der Waals surface area contributed by atoms with Gasteiger partial charge in [-0.2, -0.15) is 0 Å². The van der Waals surface area contributed by atoms with Gasteiger partial charge in [-0.3, -0.25) is 4.99 Å². The van der Waals surface area contributed by atoms with Gasteiger partial charge < -0.3 is 25.1 Å². The summed E-state index contributed by atoms with van der Waals surface area (Å²) in [4.78, 5) is 16.3. The summed E-state index contributed by atoms with van der Waals surface area (Å²) in [6, 6.07) is 4.94. The Morgan fingerprint density at radius 2 is 1.84 bits per heavy atom. The maximum atomic E-state index is 13.5. The number of ether oxygens (including phenoxy) is 1. The van der Waals surface area contributed by atoms with Gasteiger partial charge in [0.15, 0.2) is 5.96 Å². The largest absolute Gasteiger partial charge is 0.459 e. The number of guanidine groups is 1. The molecule has 1 aromatic heterocycles. The second-order valence-corrected chi connectivity index (χ2v) is 9.06. The molecule has 1 aliphatic rings. The zero-order valence-electron chi connectivity index (χ0n) is 19.0. The molecule has 0 saturated heterocycles. The van der Waals surface area contributed by atoms with Crippen LogP contribution in [0.3, 0.4) is 0 Å². The van der Waals surface area contributed by atoms with E-state index in [9.17, 15) is 9.18 Å². The van der Waals surface area contributed by atoms with Crippen molar-refractivity contribution in [2.24, 2.45) is 4.99 Å². The van der Waals surface area contributed by atoms with Crippen LogP contribution in [0.4, 0.5) is 9.18 Å². The number of carbonyl (C=O) groups is 1. The standard InChI is InChI=1S/C23H33FN4O3/c1-14-18-12-15(24)6-11-19(18)30-20(14)13-26-21(25-5)27-16-7-9-17(10-8-16)28-22(29)31-23(2,3)4/h6,11-12,16-17H,7-10,13H2,1-5H3,(H,28,29)(H2,25,26,27). The highest BCUT2D eigenvalue weighted by Crippen LogP contribution is 2.26. The Hall–Kier alpha value is -2.77. The minimum absolute atomic E-state index is 0.126. The predicted molar refractivity (Wildman–Crippen MR) is 120 cm³/mol. The highest BCUT2D eigenvalue weighted by Gasteiger charge is 2.25. The Morgan fingerprint density at radius 1 is 1.19 bits per heavy atom. The molecule has 1 aromatic carbocycles. The molecule has 31 heavy (non-hydrogen) atoms. The first kappa shape index (κ1) is 22.9. The summed E-state index contributed by atoms with van der Waals surface area (Å²) < 4.78 is 24.7. The normalized spacial score (nSPS) is 19.9. The number of hydrogen-bond donors (Lipinski definition) is 3. The van der Waals surface area contributed by atoms with Crippen LogP contribution in [0.2, 0.25) is 0 Å². The van der Waals surface area contributed by atoms with E-state index in [1.54, 1.807) is 13.1 Å². The molecule has 1 fully saturated rings. The van der Waals surface area contributed by atoms with Crippen LogP contribution in [0, 0.1) is 12.7 Å². The molecule has 1 heterocycles. The molecular weight excluding hydrogens is 399 g/mol. The number of rotatable bonds is 4. The molecule has 0 bridgehead atoms. The van der Waals surface area contributed by atoms with Crippen molar-refractivity contribution in [3.05, 3.63) is 35.3 Å². The van der Waals surface area contributed by atoms with Crippen molar-refractivity contribution in [1.82, 2.24) is 16.0 Å². The lowest BCUT2D eigenvalue weighted by molar-refractivity contribution is 0.0490. The van der Waals surface area contributed by atoms with Crippen LogP contribution >= 0.6 is 0 Å². The Kier molecular flexibility index (Phi) is 7.08. The van der Waals surface area contributed by atoms with E-state index in [4.69, 9.17) is 9.15 Å². The number of carbonyl (C=O) groups excluding carboxylic acids is 1. The maximum absolute atomic E-state index is 13.5. The van der Waals surface area contributed by atoms with Crippen LogP contribution in [-0.4, -0.2) is 36.8 Å². The van der Waals surface area contributed by atoms with Gasteiger partial charge in [-0.05, 0) is 71.6 Å². The number of aliphatic imine (C=N–C) groups is 1. The number of nitrogens with zero attached hydrogens (tertiary/aromatic N) is 1. The highest BCUT2D eigenvalue weighted by atomic mass is 19.1. The third-order valence-corrected chi connectivity index (χ3v) is 5.43. The third-order valence-electron chi connectivity index (χ3n) is 5.43. The van der Waals surface area contributed by atoms with E-state index in [1.165, 1.54) is 12.1 Å². The number of aryl methyl sites for hydroxylation is 1. The molecule has 0 unspecified atom stereocenters. The minimum Gasteiger partial charge on any atom is -0.459 e. The van der Waals surface area contributed by atoms with Crippen molar-refractivity contribution >= 4 is 23.0 Å². The first-order valence-electron chi connectivity index (χ1n) is 10.8. The van der Waals surface area contributed by atoms with E-state index in [0.29, 0.717) is 18.1 Å². The summed E-state index contributed by atoms with van der Waals surface area (Å²) in [6.07, 6.45) is 3.24. The molecule has 0 atom stereocenters. The zero-order chi connectivity index (χ0) is 22.6. The van der Waals surface area contributed by atoms with E-state index >= 15 is 0 Å². The highest BCUT2D eigenvalue weighted by molar-refractivity contribution is 5.83. The Morgan fingerprint density at radius 3 is 2.45 bits per heavy atom. The van der Waals surface area contributed by atoms with Crippen molar-refractivity contribution in [3.8, 4) is 0 Å². The molecular formula is C23H33FN4O3. The van der Waals surface area contributed by atoms with Gasteiger partial charge in [0.1, 0.15) is 22.8 Å². The number of amides is 1. The molecule has 0 radical (unpaired) electrons. The van der Waals surface area contributed by atoms with E-state index in [-0.39, 0.29) is 24.0 Å². The van der Waals surface area contributed by atoms with Crippen molar-refractivity contribution in [3.63, 3.8) is 0 Å². The average molecular weight is 433 g/mol. The van der Waals surface area contributed by atoms with Gasteiger partial charge in [0.25, 0.3) is 0 Å².